The molecule has 0 saturated carbocycles. The van der Waals surface area contributed by atoms with Gasteiger partial charge in [0.05, 0.1) is 13.2 Å². The maximum absolute atomic E-state index is 13.5. The van der Waals surface area contributed by atoms with Crippen LogP contribution in [0.25, 0.3) is 11.1 Å². The normalized spacial score (nSPS) is 10.7. The number of rotatable bonds is 5. The molecular weight excluding hydrogens is 302 g/mol. The fraction of sp³-hybridized carbons (Fsp3) is 0.188. The summed E-state index contributed by atoms with van der Waals surface area (Å²) in [6.07, 6.45) is 4.66. The summed E-state index contributed by atoms with van der Waals surface area (Å²) in [5.74, 6) is -0.965. The number of aromatic nitrogens is 4. The Bertz CT molecular complexity index is 786. The van der Waals surface area contributed by atoms with Gasteiger partial charge in [-0.15, -0.1) is 0 Å². The zero-order chi connectivity index (χ0) is 16.2. The van der Waals surface area contributed by atoms with Crippen molar-refractivity contribution in [3.8, 4) is 17.0 Å². The molecule has 0 amide bonds. The van der Waals surface area contributed by atoms with Crippen molar-refractivity contribution in [1.82, 2.24) is 19.7 Å². The van der Waals surface area contributed by atoms with Crippen LogP contribution in [0.4, 0.5) is 8.78 Å². The lowest BCUT2D eigenvalue weighted by molar-refractivity contribution is 0.328. The van der Waals surface area contributed by atoms with Crippen LogP contribution < -0.4 is 4.74 Å². The Morgan fingerprint density at radius 3 is 2.57 bits per heavy atom. The van der Waals surface area contributed by atoms with Gasteiger partial charge in [-0.2, -0.15) is 5.10 Å². The fourth-order valence-corrected chi connectivity index (χ4v) is 2.25. The maximum atomic E-state index is 13.5. The van der Waals surface area contributed by atoms with Crippen LogP contribution in [0.15, 0.2) is 43.1 Å². The Hall–Kier alpha value is -2.83. The van der Waals surface area contributed by atoms with Crippen molar-refractivity contribution >= 4 is 0 Å². The molecule has 0 atom stereocenters. The number of hydrogen-bond acceptors (Lipinski definition) is 4. The third kappa shape index (κ3) is 3.50. The highest BCUT2D eigenvalue weighted by molar-refractivity contribution is 5.69. The molecule has 0 radical (unpaired) electrons. The van der Waals surface area contributed by atoms with Crippen LogP contribution in [0, 0.1) is 11.6 Å². The topological polar surface area (TPSA) is 52.8 Å². The summed E-state index contributed by atoms with van der Waals surface area (Å²) in [5.41, 5.74) is 1.72. The molecule has 0 aliphatic carbocycles. The van der Waals surface area contributed by atoms with Gasteiger partial charge in [-0.25, -0.2) is 23.4 Å². The van der Waals surface area contributed by atoms with E-state index in [1.54, 1.807) is 23.3 Å². The van der Waals surface area contributed by atoms with Gasteiger partial charge in [0.15, 0.2) is 0 Å². The van der Waals surface area contributed by atoms with Gasteiger partial charge in [0.25, 0.3) is 0 Å². The lowest BCUT2D eigenvalue weighted by Gasteiger charge is -2.11. The average Bonchev–Trinajstić information content (AvgIpc) is 3.01. The molecule has 0 bridgehead atoms. The second-order valence-corrected chi connectivity index (χ2v) is 4.88. The van der Waals surface area contributed by atoms with Crippen molar-refractivity contribution in [3.63, 3.8) is 0 Å². The Kier molecular flexibility index (Phi) is 4.27. The molecule has 7 heteroatoms. The number of hydrogen-bond donors (Lipinski definition) is 0. The number of benzene rings is 1. The highest BCUT2D eigenvalue weighted by Crippen LogP contribution is 2.30. The zero-order valence-corrected chi connectivity index (χ0v) is 12.4. The second-order valence-electron chi connectivity index (χ2n) is 4.88. The van der Waals surface area contributed by atoms with Gasteiger partial charge in [0, 0.05) is 17.8 Å². The lowest BCUT2D eigenvalue weighted by Crippen LogP contribution is -2.03. The van der Waals surface area contributed by atoms with Gasteiger partial charge in [-0.05, 0) is 36.2 Å². The van der Waals surface area contributed by atoms with Gasteiger partial charge < -0.3 is 4.74 Å². The predicted octanol–water partition coefficient (Wildman–Crippen LogP) is 3.07. The second kappa shape index (κ2) is 6.51. The monoisotopic (exact) mass is 316 g/mol. The van der Waals surface area contributed by atoms with E-state index in [9.17, 15) is 8.78 Å². The van der Waals surface area contributed by atoms with Crippen LogP contribution in [0.3, 0.4) is 0 Å². The zero-order valence-electron chi connectivity index (χ0n) is 12.4. The van der Waals surface area contributed by atoms with Crippen molar-refractivity contribution in [1.29, 1.82) is 0 Å². The van der Waals surface area contributed by atoms with Crippen molar-refractivity contribution in [2.75, 3.05) is 6.61 Å². The van der Waals surface area contributed by atoms with Gasteiger partial charge >= 0.3 is 0 Å². The number of ether oxygens (including phenoxy) is 1. The molecule has 0 fully saturated rings. The van der Waals surface area contributed by atoms with Gasteiger partial charge in [0.2, 0.25) is 5.88 Å². The number of halogens is 2. The SMILES string of the molecule is CCOc1ncc(Cn2cncn2)cc1-c1cc(F)cc(F)c1. The van der Waals surface area contributed by atoms with Crippen molar-refractivity contribution in [3.05, 3.63) is 60.3 Å². The first-order valence-corrected chi connectivity index (χ1v) is 7.06. The molecule has 2 heterocycles. The molecule has 5 nitrogen and oxygen atoms in total. The van der Waals surface area contributed by atoms with Crippen LogP contribution in [-0.4, -0.2) is 26.4 Å². The number of nitrogens with zero attached hydrogens (tertiary/aromatic N) is 4. The van der Waals surface area contributed by atoms with E-state index in [0.717, 1.165) is 11.6 Å². The summed E-state index contributed by atoms with van der Waals surface area (Å²) in [6, 6.07) is 5.12. The number of pyridine rings is 1. The van der Waals surface area contributed by atoms with Crippen LogP contribution in [0.5, 0.6) is 5.88 Å². The molecule has 23 heavy (non-hydrogen) atoms. The minimum absolute atomic E-state index is 0.333. The molecular formula is C16H14F2N4O. The van der Waals surface area contributed by atoms with E-state index in [-0.39, 0.29) is 0 Å². The highest BCUT2D eigenvalue weighted by atomic mass is 19.1. The van der Waals surface area contributed by atoms with Crippen LogP contribution in [0.1, 0.15) is 12.5 Å². The fourth-order valence-electron chi connectivity index (χ4n) is 2.25. The first kappa shape index (κ1) is 15.1. The van der Waals surface area contributed by atoms with E-state index in [0.29, 0.717) is 30.2 Å². The smallest absolute Gasteiger partial charge is 0.221 e. The molecule has 1 aromatic carbocycles. The van der Waals surface area contributed by atoms with Crippen molar-refractivity contribution < 1.29 is 13.5 Å². The first-order chi connectivity index (χ1) is 11.2. The maximum Gasteiger partial charge on any atom is 0.221 e. The van der Waals surface area contributed by atoms with Crippen LogP contribution in [0.2, 0.25) is 0 Å². The minimum Gasteiger partial charge on any atom is -0.478 e. The van der Waals surface area contributed by atoms with Gasteiger partial charge in [-0.3, -0.25) is 0 Å². The lowest BCUT2D eigenvalue weighted by atomic mass is 10.0. The Labute approximate surface area is 131 Å². The predicted molar refractivity (Wildman–Crippen MR) is 79.9 cm³/mol. The summed E-state index contributed by atoms with van der Waals surface area (Å²) in [6.45, 7) is 2.67. The van der Waals surface area contributed by atoms with Crippen molar-refractivity contribution in [2.45, 2.75) is 13.5 Å². The third-order valence-corrected chi connectivity index (χ3v) is 3.17. The highest BCUT2D eigenvalue weighted by Gasteiger charge is 2.12. The van der Waals surface area contributed by atoms with Gasteiger partial charge in [-0.1, -0.05) is 0 Å². The Balaban J connectivity index is 2.04. The largest absolute Gasteiger partial charge is 0.478 e. The first-order valence-electron chi connectivity index (χ1n) is 7.06. The van der Waals surface area contributed by atoms with E-state index < -0.39 is 11.6 Å². The molecule has 0 N–H and O–H groups in total. The standard InChI is InChI=1S/C16H14F2N4O/c1-2-23-16-15(12-4-13(17)6-14(18)5-12)3-11(7-20-16)8-22-10-19-9-21-22/h3-7,9-10H,2,8H2,1H3. The minimum atomic E-state index is -0.649. The summed E-state index contributed by atoms with van der Waals surface area (Å²) in [4.78, 5) is 8.13. The molecule has 0 aliphatic heterocycles. The summed E-state index contributed by atoms with van der Waals surface area (Å²) < 4.78 is 34.1. The molecule has 0 aliphatic rings. The molecule has 3 aromatic rings. The van der Waals surface area contributed by atoms with E-state index in [1.807, 2.05) is 6.92 Å². The van der Waals surface area contributed by atoms with Crippen LogP contribution >= 0.6 is 0 Å². The Morgan fingerprint density at radius 1 is 1.13 bits per heavy atom. The quantitative estimate of drug-likeness (QED) is 0.726. The summed E-state index contributed by atoms with van der Waals surface area (Å²) in [7, 11) is 0. The van der Waals surface area contributed by atoms with E-state index in [1.165, 1.54) is 18.5 Å². The molecule has 0 saturated heterocycles. The summed E-state index contributed by atoms with van der Waals surface area (Å²) in [5, 5.41) is 4.03. The molecule has 118 valence electrons. The van der Waals surface area contributed by atoms with Crippen LogP contribution in [-0.2, 0) is 6.54 Å². The van der Waals surface area contributed by atoms with E-state index in [4.69, 9.17) is 4.74 Å². The third-order valence-electron chi connectivity index (χ3n) is 3.17. The molecule has 0 spiro atoms. The van der Waals surface area contributed by atoms with Gasteiger partial charge in [0.1, 0.15) is 24.3 Å². The Morgan fingerprint density at radius 2 is 1.91 bits per heavy atom. The molecule has 3 rings (SSSR count). The van der Waals surface area contributed by atoms with E-state index >= 15 is 0 Å². The van der Waals surface area contributed by atoms with E-state index in [2.05, 4.69) is 15.1 Å². The molecule has 0 unspecified atom stereocenters. The molecule has 2 aromatic heterocycles. The summed E-state index contributed by atoms with van der Waals surface area (Å²) >= 11 is 0. The average molecular weight is 316 g/mol. The van der Waals surface area contributed by atoms with Crippen molar-refractivity contribution in [2.24, 2.45) is 0 Å².